The van der Waals surface area contributed by atoms with Crippen molar-refractivity contribution < 1.29 is 17.2 Å². The Labute approximate surface area is 290 Å². The van der Waals surface area contributed by atoms with Crippen molar-refractivity contribution in [3.63, 3.8) is 0 Å². The molecule has 0 rings (SSSR count). The number of unbranched alkanes of at least 4 members (excludes halogenated alkanes) is 28. The second kappa shape index (κ2) is 40.4. The van der Waals surface area contributed by atoms with Crippen LogP contribution in [0.4, 0.5) is 0 Å². The van der Waals surface area contributed by atoms with Crippen LogP contribution >= 0.6 is 0 Å². The molecule has 0 aliphatic rings. The molecule has 0 bridgehead atoms. The first-order valence-electron chi connectivity index (χ1n) is 17.9. The second-order valence-corrected chi connectivity index (χ2v) is 12.2. The molecule has 244 valence electrons. The van der Waals surface area contributed by atoms with Gasteiger partial charge in [0.1, 0.15) is 0 Å². The van der Waals surface area contributed by atoms with Crippen molar-refractivity contribution in [3.05, 3.63) is 0 Å². The molecule has 0 radical (unpaired) electrons. The minimum absolute atomic E-state index is 0. The third kappa shape index (κ3) is 40.4. The molecule has 41 heavy (non-hydrogen) atoms. The van der Waals surface area contributed by atoms with Crippen LogP contribution in [-0.2, 0) is 14.3 Å². The fourth-order valence-electron chi connectivity index (χ4n) is 5.51. The van der Waals surface area contributed by atoms with Gasteiger partial charge in [0.25, 0.3) is 0 Å². The van der Waals surface area contributed by atoms with Crippen LogP contribution in [-0.4, -0.2) is 49.7 Å². The third-order valence-corrected chi connectivity index (χ3v) is 8.20. The van der Waals surface area contributed by atoms with Gasteiger partial charge in [-0.15, -0.1) is 0 Å². The first-order chi connectivity index (χ1) is 19.2. The van der Waals surface area contributed by atoms with E-state index in [1.54, 1.807) is 0 Å². The zero-order valence-electron chi connectivity index (χ0n) is 30.3. The Morgan fingerprint density at radius 3 is 0.732 bits per heavy atom. The average Bonchev–Trinajstić information content (AvgIpc) is 2.93. The fourth-order valence-corrected chi connectivity index (χ4v) is 5.51. The van der Waals surface area contributed by atoms with Gasteiger partial charge in [0.05, 0.1) is 0 Å². The van der Waals surface area contributed by atoms with Crippen molar-refractivity contribution in [2.24, 2.45) is 0 Å². The van der Waals surface area contributed by atoms with Gasteiger partial charge >= 0.3 is 49.7 Å². The van der Waals surface area contributed by atoms with Crippen LogP contribution in [0, 0.1) is 0 Å². The van der Waals surface area contributed by atoms with Gasteiger partial charge in [-0.25, -0.2) is 0 Å². The molecule has 0 aromatic rings. The molecule has 0 aromatic heterocycles. The van der Waals surface area contributed by atoms with E-state index in [0.29, 0.717) is 12.8 Å². The molecule has 5 heteroatoms. The first-order valence-corrected chi connectivity index (χ1v) is 17.9. The normalized spacial score (nSPS) is 10.7. The Morgan fingerprint density at radius 1 is 0.366 bits per heavy atom. The summed E-state index contributed by atoms with van der Waals surface area (Å²) in [5.74, 6) is -0.647. The molecule has 0 atom stereocenters. The smallest absolute Gasteiger partial charge is 1.00 e. The number of esters is 2. The standard InChI is InChI=1S/C36H70O3.Ca.H3N.2H/c1-3-5-7-9-11-13-15-17-19-21-23-25-27-29-31-33-35(37)39-36(38)34-32-30-28-26-24-22-20-18-16-14-12-10-8-6-4-2;;;;/h3-34H2,1-2H3;;1H3;;/q;+2;;2*-1. The molecule has 0 fully saturated rings. The van der Waals surface area contributed by atoms with E-state index in [9.17, 15) is 9.59 Å². The van der Waals surface area contributed by atoms with E-state index in [1.165, 1.54) is 167 Å². The van der Waals surface area contributed by atoms with E-state index in [2.05, 4.69) is 13.8 Å². The van der Waals surface area contributed by atoms with Crippen LogP contribution < -0.4 is 6.15 Å². The maximum atomic E-state index is 11.9. The van der Waals surface area contributed by atoms with E-state index in [4.69, 9.17) is 4.74 Å². The molecule has 0 aliphatic carbocycles. The number of carbonyl (C=O) groups excluding carboxylic acids is 2. The average molecular weight is 610 g/mol. The monoisotopic (exact) mass is 610 g/mol. The van der Waals surface area contributed by atoms with Crippen molar-refractivity contribution in [3.8, 4) is 0 Å². The predicted octanol–water partition coefficient (Wildman–Crippen LogP) is 12.6. The number of rotatable bonds is 32. The number of hydrogen-bond donors (Lipinski definition) is 1. The molecule has 3 N–H and O–H groups in total. The van der Waals surface area contributed by atoms with Crippen LogP contribution in [0.15, 0.2) is 0 Å². The van der Waals surface area contributed by atoms with Gasteiger partial charge in [0, 0.05) is 12.8 Å². The summed E-state index contributed by atoms with van der Waals surface area (Å²) in [7, 11) is 0. The SMILES string of the molecule is CCCCCCCCCCCCCCCCCC(=O)OC(=O)CCCCCCCCCCCCCCCCC.N.[Ca+2].[H-].[H-]. The second-order valence-electron chi connectivity index (χ2n) is 12.2. The first kappa shape index (κ1) is 45.8. The molecule has 0 saturated heterocycles. The van der Waals surface area contributed by atoms with Crippen molar-refractivity contribution >= 4 is 49.7 Å². The summed E-state index contributed by atoms with van der Waals surface area (Å²) in [5.41, 5.74) is 0. The maximum absolute atomic E-state index is 11.9. The topological polar surface area (TPSA) is 78.4 Å². The summed E-state index contributed by atoms with van der Waals surface area (Å²) in [6.45, 7) is 4.55. The van der Waals surface area contributed by atoms with Gasteiger partial charge in [-0.05, 0) is 12.8 Å². The molecular weight excluding hydrogens is 534 g/mol. The largest absolute Gasteiger partial charge is 2.00 e. The Hall–Kier alpha value is 0.360. The Bertz CT molecular complexity index is 483. The summed E-state index contributed by atoms with van der Waals surface area (Å²) in [4.78, 5) is 23.8. The summed E-state index contributed by atoms with van der Waals surface area (Å²) in [6.07, 6.45) is 40.1. The van der Waals surface area contributed by atoms with Crippen LogP contribution in [0.1, 0.15) is 222 Å². The summed E-state index contributed by atoms with van der Waals surface area (Å²) < 4.78 is 5.01. The Balaban J connectivity index is -0.00000120. The van der Waals surface area contributed by atoms with Crippen LogP contribution in [0.25, 0.3) is 0 Å². The number of hydrogen-bond acceptors (Lipinski definition) is 4. The van der Waals surface area contributed by atoms with Gasteiger partial charge in [-0.2, -0.15) is 0 Å². The van der Waals surface area contributed by atoms with E-state index < -0.39 is 0 Å². The maximum Gasteiger partial charge on any atom is 2.00 e. The zero-order chi connectivity index (χ0) is 28.5. The van der Waals surface area contributed by atoms with Crippen LogP contribution in [0.3, 0.4) is 0 Å². The molecule has 0 saturated carbocycles. The molecule has 0 unspecified atom stereocenters. The van der Waals surface area contributed by atoms with Gasteiger partial charge in [0.15, 0.2) is 0 Å². The van der Waals surface area contributed by atoms with Crippen molar-refractivity contribution in [1.29, 1.82) is 0 Å². The predicted molar refractivity (Wildman–Crippen MR) is 183 cm³/mol. The van der Waals surface area contributed by atoms with Crippen molar-refractivity contribution in [2.45, 2.75) is 219 Å². The number of carbonyl (C=O) groups is 2. The molecule has 0 heterocycles. The Kier molecular flexibility index (Phi) is 45.1. The van der Waals surface area contributed by atoms with Gasteiger partial charge in [0.2, 0.25) is 0 Å². The molecule has 0 spiro atoms. The van der Waals surface area contributed by atoms with Crippen LogP contribution in [0.2, 0.25) is 0 Å². The van der Waals surface area contributed by atoms with E-state index in [0.717, 1.165) is 25.7 Å². The van der Waals surface area contributed by atoms with E-state index >= 15 is 0 Å². The van der Waals surface area contributed by atoms with E-state index in [1.807, 2.05) is 0 Å². The summed E-state index contributed by atoms with van der Waals surface area (Å²) in [6, 6.07) is 0. The molecule has 0 aliphatic heterocycles. The minimum atomic E-state index is -0.323. The summed E-state index contributed by atoms with van der Waals surface area (Å²) in [5, 5.41) is 0. The molecule has 4 nitrogen and oxygen atoms in total. The Morgan fingerprint density at radius 2 is 0.537 bits per heavy atom. The van der Waals surface area contributed by atoms with Crippen molar-refractivity contribution in [2.75, 3.05) is 0 Å². The molecule has 0 amide bonds. The number of ether oxygens (including phenoxy) is 1. The summed E-state index contributed by atoms with van der Waals surface area (Å²) >= 11 is 0. The molecule has 0 aromatic carbocycles. The van der Waals surface area contributed by atoms with Crippen LogP contribution in [0.5, 0.6) is 0 Å². The van der Waals surface area contributed by atoms with Gasteiger partial charge in [-0.1, -0.05) is 194 Å². The van der Waals surface area contributed by atoms with Crippen molar-refractivity contribution in [1.82, 2.24) is 6.15 Å². The minimum Gasteiger partial charge on any atom is -1.00 e. The van der Waals surface area contributed by atoms with Gasteiger partial charge in [-0.3, -0.25) is 9.59 Å². The zero-order valence-corrected chi connectivity index (χ0v) is 30.5. The fraction of sp³-hybridized carbons (Fsp3) is 0.944. The third-order valence-electron chi connectivity index (χ3n) is 8.20. The van der Waals surface area contributed by atoms with E-state index in [-0.39, 0.29) is 58.7 Å². The van der Waals surface area contributed by atoms with Gasteiger partial charge < -0.3 is 13.7 Å². The molecular formula is C36H75CaNO3. The quantitative estimate of drug-likeness (QED) is 0.0356.